The maximum Gasteiger partial charge on any atom is 0.418 e. The Morgan fingerprint density at radius 2 is 2.00 bits per heavy atom. The Bertz CT molecular complexity index is 576. The van der Waals surface area contributed by atoms with Crippen molar-refractivity contribution in [2.24, 2.45) is 0 Å². The molecule has 10 nitrogen and oxygen atoms in total. The average Bonchev–Trinajstić information content (AvgIpc) is 2.61. The molecule has 0 radical (unpaired) electrons. The van der Waals surface area contributed by atoms with Crippen LogP contribution in [0.25, 0.3) is 0 Å². The van der Waals surface area contributed by atoms with Crippen LogP contribution in [0.4, 0.5) is 4.79 Å². The first-order chi connectivity index (χ1) is 10.3. The number of nitrogens with zero attached hydrogens (tertiary/aromatic N) is 2. The van der Waals surface area contributed by atoms with Gasteiger partial charge in [0.2, 0.25) is 0 Å². The first-order valence-electron chi connectivity index (χ1n) is 7.07. The van der Waals surface area contributed by atoms with Crippen molar-refractivity contribution in [1.82, 2.24) is 15.4 Å². The molecule has 2 heterocycles. The summed E-state index contributed by atoms with van der Waals surface area (Å²) in [6.07, 6.45) is 3.63. The Labute approximate surface area is 127 Å². The fourth-order valence-electron chi connectivity index (χ4n) is 2.80. The number of carbonyl (C=O) groups is 2. The van der Waals surface area contributed by atoms with Crippen LogP contribution in [0.2, 0.25) is 0 Å². The fraction of sp³-hybridized carbons (Fsp3) is 0.818. The summed E-state index contributed by atoms with van der Waals surface area (Å²) in [6.45, 7) is 0.163. The van der Waals surface area contributed by atoms with Crippen LogP contribution in [0.15, 0.2) is 0 Å². The number of amides is 3. The standard InChI is InChI=1S/C11H17N3O7S/c15-10(12-20-8-2-1-3-8)9-5-4-7-6-13(9)11(16)14(7)21-22(17,18)19/h7-9H,1-6H2,(H,12,15)(H,17,18,19). The van der Waals surface area contributed by atoms with E-state index >= 15 is 0 Å². The number of hydrogen-bond donors (Lipinski definition) is 2. The molecule has 2 N–H and O–H groups in total. The van der Waals surface area contributed by atoms with Gasteiger partial charge in [-0.15, -0.1) is 4.28 Å². The zero-order valence-electron chi connectivity index (χ0n) is 11.7. The van der Waals surface area contributed by atoms with Crippen molar-refractivity contribution in [3.05, 3.63) is 0 Å². The highest BCUT2D eigenvalue weighted by Crippen LogP contribution is 2.31. The monoisotopic (exact) mass is 335 g/mol. The number of rotatable bonds is 5. The van der Waals surface area contributed by atoms with E-state index in [0.29, 0.717) is 17.9 Å². The maximum atomic E-state index is 12.1. The molecule has 0 aromatic heterocycles. The summed E-state index contributed by atoms with van der Waals surface area (Å²) >= 11 is 0. The van der Waals surface area contributed by atoms with Gasteiger partial charge in [-0.1, -0.05) is 0 Å². The molecule has 2 atom stereocenters. The quantitative estimate of drug-likeness (QED) is 0.517. The van der Waals surface area contributed by atoms with Crippen LogP contribution < -0.4 is 5.48 Å². The second kappa shape index (κ2) is 5.65. The molecule has 0 aromatic carbocycles. The van der Waals surface area contributed by atoms with Crippen LogP contribution >= 0.6 is 0 Å². The van der Waals surface area contributed by atoms with Crippen molar-refractivity contribution in [2.45, 2.75) is 50.3 Å². The molecule has 11 heteroatoms. The largest absolute Gasteiger partial charge is 0.418 e. The van der Waals surface area contributed by atoms with Gasteiger partial charge >= 0.3 is 16.4 Å². The number of fused-ring (bicyclic) bond motifs is 2. The van der Waals surface area contributed by atoms with Gasteiger partial charge in [-0.2, -0.15) is 13.5 Å². The van der Waals surface area contributed by atoms with E-state index in [1.807, 2.05) is 0 Å². The second-order valence-corrected chi connectivity index (χ2v) is 6.65. The molecule has 3 rings (SSSR count). The molecule has 3 fully saturated rings. The summed E-state index contributed by atoms with van der Waals surface area (Å²) in [5.41, 5.74) is 2.36. The van der Waals surface area contributed by atoms with Crippen molar-refractivity contribution in [2.75, 3.05) is 6.54 Å². The Morgan fingerprint density at radius 3 is 2.59 bits per heavy atom. The topological polar surface area (TPSA) is 125 Å². The maximum absolute atomic E-state index is 12.1. The van der Waals surface area contributed by atoms with Crippen LogP contribution in [0.5, 0.6) is 0 Å². The smallest absolute Gasteiger partial charge is 0.309 e. The summed E-state index contributed by atoms with van der Waals surface area (Å²) in [5.74, 6) is -0.438. The van der Waals surface area contributed by atoms with Crippen LogP contribution in [0, 0.1) is 0 Å². The van der Waals surface area contributed by atoms with E-state index in [1.165, 1.54) is 4.90 Å². The number of hydroxylamine groups is 3. The average molecular weight is 335 g/mol. The molecule has 22 heavy (non-hydrogen) atoms. The molecular weight excluding hydrogens is 318 g/mol. The van der Waals surface area contributed by atoms with Crippen molar-refractivity contribution in [1.29, 1.82) is 0 Å². The van der Waals surface area contributed by atoms with Gasteiger partial charge in [0.25, 0.3) is 5.91 Å². The first kappa shape index (κ1) is 15.5. The minimum atomic E-state index is -4.78. The Balaban J connectivity index is 1.62. The molecule has 0 aromatic rings. The van der Waals surface area contributed by atoms with Crippen LogP contribution in [-0.2, 0) is 24.3 Å². The molecular formula is C11H17N3O7S. The fourth-order valence-corrected chi connectivity index (χ4v) is 3.19. The highest BCUT2D eigenvalue weighted by Gasteiger charge is 2.49. The van der Waals surface area contributed by atoms with E-state index in [1.54, 1.807) is 0 Å². The van der Waals surface area contributed by atoms with Crippen molar-refractivity contribution < 1.29 is 31.7 Å². The third-order valence-corrected chi connectivity index (χ3v) is 4.53. The lowest BCUT2D eigenvalue weighted by molar-refractivity contribution is -0.148. The van der Waals surface area contributed by atoms with Gasteiger partial charge in [0, 0.05) is 6.54 Å². The van der Waals surface area contributed by atoms with E-state index in [-0.39, 0.29) is 12.6 Å². The zero-order chi connectivity index (χ0) is 15.9. The van der Waals surface area contributed by atoms with Crippen LogP contribution in [-0.4, -0.2) is 59.6 Å². The van der Waals surface area contributed by atoms with Crippen molar-refractivity contribution >= 4 is 22.3 Å². The predicted octanol–water partition coefficient (Wildman–Crippen LogP) is -0.410. The molecule has 3 aliphatic rings. The van der Waals surface area contributed by atoms with E-state index < -0.39 is 34.4 Å². The molecule has 1 saturated carbocycles. The van der Waals surface area contributed by atoms with Crippen LogP contribution in [0.3, 0.4) is 0 Å². The van der Waals surface area contributed by atoms with Gasteiger partial charge in [-0.3, -0.25) is 14.2 Å². The van der Waals surface area contributed by atoms with Gasteiger partial charge in [-0.05, 0) is 32.1 Å². The minimum absolute atomic E-state index is 0.0222. The Hall–Kier alpha value is -1.43. The molecule has 2 saturated heterocycles. The van der Waals surface area contributed by atoms with Gasteiger partial charge in [-0.25, -0.2) is 10.3 Å². The van der Waals surface area contributed by atoms with E-state index in [9.17, 15) is 18.0 Å². The molecule has 124 valence electrons. The van der Waals surface area contributed by atoms with Crippen molar-refractivity contribution in [3.63, 3.8) is 0 Å². The van der Waals surface area contributed by atoms with Gasteiger partial charge < -0.3 is 4.90 Å². The number of carbonyl (C=O) groups excluding carboxylic acids is 2. The van der Waals surface area contributed by atoms with E-state index in [2.05, 4.69) is 9.76 Å². The lowest BCUT2D eigenvalue weighted by atomic mass is 9.97. The van der Waals surface area contributed by atoms with Crippen molar-refractivity contribution in [3.8, 4) is 0 Å². The van der Waals surface area contributed by atoms with Gasteiger partial charge in [0.05, 0.1) is 12.1 Å². The third-order valence-electron chi connectivity index (χ3n) is 4.18. The summed E-state index contributed by atoms with van der Waals surface area (Å²) in [6, 6.07) is -2.01. The molecule has 3 amide bonds. The van der Waals surface area contributed by atoms with E-state index in [0.717, 1.165) is 19.3 Å². The Kier molecular flexibility index (Phi) is 3.97. The molecule has 2 bridgehead atoms. The minimum Gasteiger partial charge on any atom is -0.309 e. The summed E-state index contributed by atoms with van der Waals surface area (Å²) in [5, 5.41) is 0.607. The zero-order valence-corrected chi connectivity index (χ0v) is 12.5. The number of hydrogen-bond acceptors (Lipinski definition) is 6. The summed E-state index contributed by atoms with van der Waals surface area (Å²) in [7, 11) is -4.78. The number of urea groups is 1. The van der Waals surface area contributed by atoms with Gasteiger partial charge in [0.15, 0.2) is 0 Å². The highest BCUT2D eigenvalue weighted by atomic mass is 32.3. The summed E-state index contributed by atoms with van der Waals surface area (Å²) in [4.78, 5) is 30.7. The highest BCUT2D eigenvalue weighted by molar-refractivity contribution is 7.80. The van der Waals surface area contributed by atoms with E-state index in [4.69, 9.17) is 9.39 Å². The molecule has 0 spiro atoms. The lowest BCUT2D eigenvalue weighted by Crippen LogP contribution is -2.50. The second-order valence-electron chi connectivity index (χ2n) is 5.65. The first-order valence-corrected chi connectivity index (χ1v) is 8.44. The lowest BCUT2D eigenvalue weighted by Gasteiger charge is -2.30. The summed E-state index contributed by atoms with van der Waals surface area (Å²) < 4.78 is 34.5. The third kappa shape index (κ3) is 3.02. The predicted molar refractivity (Wildman–Crippen MR) is 70.3 cm³/mol. The van der Waals surface area contributed by atoms with Crippen LogP contribution in [0.1, 0.15) is 32.1 Å². The SMILES string of the molecule is O=C(NOC1CCC1)C1CCC2CN1C(=O)N2OS(=O)(=O)O. The normalized spacial score (nSPS) is 28.7. The number of piperidine rings is 1. The molecule has 1 aliphatic carbocycles. The molecule has 2 aliphatic heterocycles. The van der Waals surface area contributed by atoms with Gasteiger partial charge in [0.1, 0.15) is 6.04 Å². The number of nitrogens with one attached hydrogen (secondary N) is 1. The molecule has 2 unspecified atom stereocenters. The Morgan fingerprint density at radius 1 is 1.27 bits per heavy atom.